The Morgan fingerprint density at radius 2 is 1.61 bits per heavy atom. The number of nitrogens with zero attached hydrogens (tertiary/aromatic N) is 3. The average molecular weight is 552 g/mol. The lowest BCUT2D eigenvalue weighted by atomic mass is 9.85. The number of carbonyl (C=O) groups is 1. The van der Waals surface area contributed by atoms with Gasteiger partial charge in [0.2, 0.25) is 0 Å². The summed E-state index contributed by atoms with van der Waals surface area (Å²) in [7, 11) is 0. The molecule has 6 nitrogen and oxygen atoms in total. The molecule has 0 atom stereocenters. The fourth-order valence-electron chi connectivity index (χ4n) is 3.95. The quantitative estimate of drug-likeness (QED) is 0.258. The minimum Gasteiger partial charge on any atom is -0.321 e. The highest BCUT2D eigenvalue weighted by atomic mass is 19.4. The first-order valence-electron chi connectivity index (χ1n) is 10.6. The summed E-state index contributed by atoms with van der Waals surface area (Å²) >= 11 is 0. The first kappa shape index (κ1) is 28.7. The Kier molecular flexibility index (Phi) is 7.36. The molecule has 0 spiro atoms. The zero-order valence-corrected chi connectivity index (χ0v) is 19.4. The van der Waals surface area contributed by atoms with Crippen LogP contribution in [0.3, 0.4) is 0 Å². The van der Waals surface area contributed by atoms with Crippen LogP contribution in [0.4, 0.5) is 50.9 Å². The van der Waals surface area contributed by atoms with Crippen LogP contribution in [-0.2, 0) is 18.1 Å². The van der Waals surface area contributed by atoms with Crippen LogP contribution in [0.25, 0.3) is 0 Å². The van der Waals surface area contributed by atoms with Crippen LogP contribution in [-0.4, -0.2) is 28.0 Å². The number of nitroso groups, excluding NO2 is 1. The molecule has 0 aliphatic heterocycles. The lowest BCUT2D eigenvalue weighted by Crippen LogP contribution is -2.59. The maximum absolute atomic E-state index is 14.4. The predicted molar refractivity (Wildman–Crippen MR) is 117 cm³/mol. The molecule has 1 N–H and O–H groups in total. The average Bonchev–Trinajstić information content (AvgIpc) is 3.29. The Hall–Kier alpha value is -3.91. The van der Waals surface area contributed by atoms with E-state index >= 15 is 0 Å². The summed E-state index contributed by atoms with van der Waals surface area (Å²) in [6, 6.07) is 6.05. The van der Waals surface area contributed by atoms with E-state index in [9.17, 15) is 49.2 Å². The van der Waals surface area contributed by atoms with E-state index in [2.05, 4.69) is 15.6 Å². The van der Waals surface area contributed by atoms with Crippen LogP contribution in [0.5, 0.6) is 0 Å². The standard InChI is InChI=1S/C23H17F9N4O2/c1-3-13-8-15(7-12(2)18(13)34-19(37)14-5-4-6-17(9-14)35-38)20(22(27,28)29,23(30,31)32)36-11-16(10-33-36)21(24,25)26/h4-11H,3H2,1-2H3,(H,34,37). The van der Waals surface area contributed by atoms with Gasteiger partial charge in [0.05, 0.1) is 11.8 Å². The van der Waals surface area contributed by atoms with E-state index in [-0.39, 0.29) is 46.9 Å². The summed E-state index contributed by atoms with van der Waals surface area (Å²) in [5, 5.41) is 7.91. The highest BCUT2D eigenvalue weighted by Gasteiger charge is 2.74. The molecule has 204 valence electrons. The SMILES string of the molecule is CCc1cc(C(n2cc(C(F)(F)F)cn2)(C(F)(F)F)C(F)(F)F)cc(C)c1NC(=O)c1cccc(N=O)c1. The number of anilines is 1. The van der Waals surface area contributed by atoms with Gasteiger partial charge in [-0.15, -0.1) is 4.91 Å². The van der Waals surface area contributed by atoms with Gasteiger partial charge in [-0.05, 0) is 53.4 Å². The van der Waals surface area contributed by atoms with Crippen molar-refractivity contribution in [2.45, 2.75) is 44.3 Å². The van der Waals surface area contributed by atoms with Gasteiger partial charge in [-0.2, -0.15) is 44.6 Å². The Morgan fingerprint density at radius 1 is 0.974 bits per heavy atom. The van der Waals surface area contributed by atoms with E-state index in [1.165, 1.54) is 25.1 Å². The summed E-state index contributed by atoms with van der Waals surface area (Å²) in [6.45, 7) is 2.52. The highest BCUT2D eigenvalue weighted by Crippen LogP contribution is 2.54. The Morgan fingerprint density at radius 3 is 2.11 bits per heavy atom. The topological polar surface area (TPSA) is 76.3 Å². The van der Waals surface area contributed by atoms with Crippen molar-refractivity contribution >= 4 is 17.3 Å². The zero-order valence-electron chi connectivity index (χ0n) is 19.4. The minimum absolute atomic E-state index is 0.0659. The normalized spacial score (nSPS) is 12.9. The third-order valence-electron chi connectivity index (χ3n) is 5.74. The summed E-state index contributed by atoms with van der Waals surface area (Å²) < 4.78 is 124. The molecule has 1 heterocycles. The summed E-state index contributed by atoms with van der Waals surface area (Å²) in [5.41, 5.74) is -8.92. The molecule has 1 amide bonds. The van der Waals surface area contributed by atoms with Gasteiger partial charge in [-0.25, -0.2) is 4.68 Å². The van der Waals surface area contributed by atoms with E-state index in [0.29, 0.717) is 12.1 Å². The van der Waals surface area contributed by atoms with Crippen molar-refractivity contribution in [3.63, 3.8) is 0 Å². The monoisotopic (exact) mass is 552 g/mol. The number of nitrogens with one attached hydrogen (secondary N) is 1. The third kappa shape index (κ3) is 4.96. The molecule has 0 saturated heterocycles. The van der Waals surface area contributed by atoms with Crippen LogP contribution >= 0.6 is 0 Å². The fourth-order valence-corrected chi connectivity index (χ4v) is 3.95. The molecule has 38 heavy (non-hydrogen) atoms. The Labute approximate surface area is 208 Å². The maximum atomic E-state index is 14.4. The number of hydrogen-bond donors (Lipinski definition) is 1. The van der Waals surface area contributed by atoms with Gasteiger partial charge in [0.25, 0.3) is 11.4 Å². The molecule has 0 aliphatic rings. The molecule has 0 aliphatic carbocycles. The van der Waals surface area contributed by atoms with Gasteiger partial charge in [-0.1, -0.05) is 25.1 Å². The van der Waals surface area contributed by atoms with Gasteiger partial charge < -0.3 is 5.32 Å². The lowest BCUT2D eigenvalue weighted by Gasteiger charge is -2.38. The fraction of sp³-hybridized carbons (Fsp3) is 0.304. The van der Waals surface area contributed by atoms with Gasteiger partial charge in [0.15, 0.2) is 0 Å². The number of hydrogen-bond acceptors (Lipinski definition) is 4. The third-order valence-corrected chi connectivity index (χ3v) is 5.74. The van der Waals surface area contributed by atoms with Gasteiger partial charge >= 0.3 is 18.5 Å². The van der Waals surface area contributed by atoms with E-state index in [1.54, 1.807) is 0 Å². The molecule has 3 rings (SSSR count). The summed E-state index contributed by atoms with van der Waals surface area (Å²) in [6.07, 6.45) is -18.3. The van der Waals surface area contributed by atoms with Crippen LogP contribution < -0.4 is 5.32 Å². The molecule has 0 bridgehead atoms. The Balaban J connectivity index is 2.23. The Bertz CT molecular complexity index is 1340. The smallest absolute Gasteiger partial charge is 0.321 e. The van der Waals surface area contributed by atoms with Gasteiger partial charge in [0.1, 0.15) is 5.69 Å². The minimum atomic E-state index is -6.19. The van der Waals surface area contributed by atoms with Crippen molar-refractivity contribution in [1.82, 2.24) is 9.78 Å². The van der Waals surface area contributed by atoms with Gasteiger partial charge in [0, 0.05) is 17.4 Å². The molecule has 0 saturated carbocycles. The molecular weight excluding hydrogens is 535 g/mol. The number of aryl methyl sites for hydroxylation is 2. The molecule has 3 aromatic rings. The van der Waals surface area contributed by atoms with E-state index in [4.69, 9.17) is 0 Å². The number of halogens is 9. The van der Waals surface area contributed by atoms with Crippen LogP contribution in [0, 0.1) is 11.8 Å². The molecule has 0 unspecified atom stereocenters. The number of carbonyl (C=O) groups excluding carboxylic acids is 1. The molecule has 15 heteroatoms. The molecule has 0 fully saturated rings. The van der Waals surface area contributed by atoms with Crippen LogP contribution in [0.2, 0.25) is 0 Å². The second-order valence-electron chi connectivity index (χ2n) is 8.15. The predicted octanol–water partition coefficient (Wildman–Crippen LogP) is 7.29. The molecule has 1 aromatic heterocycles. The number of rotatable bonds is 6. The number of alkyl halides is 9. The lowest BCUT2D eigenvalue weighted by molar-refractivity contribution is -0.316. The zero-order chi connectivity index (χ0) is 28.7. The van der Waals surface area contributed by atoms with Crippen molar-refractivity contribution in [3.05, 3.63) is 81.5 Å². The largest absolute Gasteiger partial charge is 0.426 e. The van der Waals surface area contributed by atoms with Crippen molar-refractivity contribution in [1.29, 1.82) is 0 Å². The van der Waals surface area contributed by atoms with Crippen LogP contribution in [0.15, 0.2) is 54.0 Å². The second kappa shape index (κ2) is 9.76. The molecule has 0 radical (unpaired) electrons. The molecule has 2 aromatic carbocycles. The van der Waals surface area contributed by atoms with Crippen molar-refractivity contribution < 1.29 is 44.3 Å². The van der Waals surface area contributed by atoms with Crippen LogP contribution in [0.1, 0.15) is 39.5 Å². The van der Waals surface area contributed by atoms with Crippen molar-refractivity contribution in [2.75, 3.05) is 5.32 Å². The highest BCUT2D eigenvalue weighted by molar-refractivity contribution is 6.05. The molecular formula is C23H17F9N4O2. The first-order valence-corrected chi connectivity index (χ1v) is 10.6. The maximum Gasteiger partial charge on any atom is 0.426 e. The van der Waals surface area contributed by atoms with Gasteiger partial charge in [-0.3, -0.25) is 4.79 Å². The van der Waals surface area contributed by atoms with E-state index in [1.807, 2.05) is 0 Å². The first-order chi connectivity index (χ1) is 17.5. The van der Waals surface area contributed by atoms with Crippen molar-refractivity contribution in [3.8, 4) is 0 Å². The summed E-state index contributed by atoms with van der Waals surface area (Å²) in [5.74, 6) is -0.833. The second-order valence-corrected chi connectivity index (χ2v) is 8.15. The van der Waals surface area contributed by atoms with E-state index in [0.717, 1.165) is 13.0 Å². The van der Waals surface area contributed by atoms with E-state index < -0.39 is 45.8 Å². The number of amides is 1. The summed E-state index contributed by atoms with van der Waals surface area (Å²) in [4.78, 5) is 23.4. The number of aromatic nitrogens is 2. The van der Waals surface area contributed by atoms with Crippen molar-refractivity contribution in [2.24, 2.45) is 5.18 Å². The number of benzene rings is 2.